The highest BCUT2D eigenvalue weighted by atomic mass is 35.5. The number of amides is 3. The predicted molar refractivity (Wildman–Crippen MR) is 134 cm³/mol. The molecule has 186 valence electrons. The molecule has 2 aromatic carbocycles. The van der Waals surface area contributed by atoms with Crippen LogP contribution in [0.25, 0.3) is 0 Å². The van der Waals surface area contributed by atoms with Crippen molar-refractivity contribution < 1.29 is 19.1 Å². The van der Waals surface area contributed by atoms with Crippen LogP contribution in [0.3, 0.4) is 0 Å². The first kappa shape index (κ1) is 25.2. The van der Waals surface area contributed by atoms with Crippen LogP contribution in [-0.2, 0) is 9.53 Å². The van der Waals surface area contributed by atoms with Crippen LogP contribution in [0.4, 0.5) is 0 Å². The highest BCUT2D eigenvalue weighted by molar-refractivity contribution is 6.30. The number of carbonyl (C=O) groups excluding carboxylic acids is 3. The molecule has 0 bridgehead atoms. The van der Waals surface area contributed by atoms with Gasteiger partial charge in [0.25, 0.3) is 11.8 Å². The number of rotatable bonds is 5. The summed E-state index contributed by atoms with van der Waals surface area (Å²) in [5.41, 5.74) is 1.03. The van der Waals surface area contributed by atoms with Crippen LogP contribution < -0.4 is 5.32 Å². The van der Waals surface area contributed by atoms with E-state index in [9.17, 15) is 14.4 Å². The highest BCUT2D eigenvalue weighted by Crippen LogP contribution is 2.39. The highest BCUT2D eigenvalue weighted by Gasteiger charge is 2.54. The van der Waals surface area contributed by atoms with Crippen molar-refractivity contribution in [2.45, 2.75) is 57.8 Å². The zero-order valence-corrected chi connectivity index (χ0v) is 21.2. The van der Waals surface area contributed by atoms with Gasteiger partial charge in [0.15, 0.2) is 0 Å². The standard InChI is InChI=1S/C27H32ClN3O4/c1-4-19(3)29-24(32)23-17-35-27(31(23)26(34)22-8-6-5-7-18(22)2)13-15-30(16-14-27)25(33)20-9-11-21(28)12-10-20/h5-12,19,23H,4,13-17H2,1-3H3,(H,29,32)/t19-,23-/m0/s1. The number of aryl methyl sites for hydroxylation is 1. The number of nitrogens with one attached hydrogen (secondary N) is 1. The molecule has 3 amide bonds. The molecule has 2 aliphatic rings. The summed E-state index contributed by atoms with van der Waals surface area (Å²) in [6.07, 6.45) is 1.64. The summed E-state index contributed by atoms with van der Waals surface area (Å²) in [6, 6.07) is 13.5. The molecule has 1 spiro atoms. The van der Waals surface area contributed by atoms with Gasteiger partial charge < -0.3 is 15.0 Å². The molecule has 35 heavy (non-hydrogen) atoms. The van der Waals surface area contributed by atoms with E-state index in [-0.39, 0.29) is 30.4 Å². The largest absolute Gasteiger partial charge is 0.353 e. The molecule has 2 aliphatic heterocycles. The van der Waals surface area contributed by atoms with Crippen molar-refractivity contribution >= 4 is 29.3 Å². The summed E-state index contributed by atoms with van der Waals surface area (Å²) in [6.45, 7) is 6.79. The summed E-state index contributed by atoms with van der Waals surface area (Å²) in [7, 11) is 0. The van der Waals surface area contributed by atoms with E-state index in [4.69, 9.17) is 16.3 Å². The molecular weight excluding hydrogens is 466 g/mol. The van der Waals surface area contributed by atoms with Gasteiger partial charge in [-0.2, -0.15) is 0 Å². The first-order valence-electron chi connectivity index (χ1n) is 12.1. The molecule has 0 unspecified atom stereocenters. The summed E-state index contributed by atoms with van der Waals surface area (Å²) >= 11 is 5.96. The summed E-state index contributed by atoms with van der Waals surface area (Å²) < 4.78 is 6.26. The Kier molecular flexibility index (Phi) is 7.47. The number of benzene rings is 2. The van der Waals surface area contributed by atoms with Crippen molar-refractivity contribution in [3.8, 4) is 0 Å². The SMILES string of the molecule is CC[C@H](C)NC(=O)[C@@H]1COC2(CCN(C(=O)c3ccc(Cl)cc3)CC2)N1C(=O)c1ccccc1C. The summed E-state index contributed by atoms with van der Waals surface area (Å²) in [5.74, 6) is -0.516. The first-order valence-corrected chi connectivity index (χ1v) is 12.5. The first-order chi connectivity index (χ1) is 16.8. The minimum Gasteiger partial charge on any atom is -0.353 e. The second kappa shape index (κ2) is 10.4. The van der Waals surface area contributed by atoms with Gasteiger partial charge in [-0.25, -0.2) is 0 Å². The lowest BCUT2D eigenvalue weighted by atomic mass is 9.95. The second-order valence-corrected chi connectivity index (χ2v) is 9.82. The van der Waals surface area contributed by atoms with Crippen LogP contribution >= 0.6 is 11.6 Å². The Morgan fingerprint density at radius 3 is 2.37 bits per heavy atom. The normalized spacial score (nSPS) is 20.1. The number of hydrogen-bond acceptors (Lipinski definition) is 4. The zero-order valence-electron chi connectivity index (χ0n) is 20.4. The van der Waals surface area contributed by atoms with Crippen LogP contribution in [0.1, 0.15) is 59.4 Å². The van der Waals surface area contributed by atoms with Crippen molar-refractivity contribution in [3.05, 3.63) is 70.2 Å². The van der Waals surface area contributed by atoms with Gasteiger partial charge in [0.2, 0.25) is 5.91 Å². The van der Waals surface area contributed by atoms with Crippen LogP contribution in [0.5, 0.6) is 0 Å². The Hall–Kier alpha value is -2.90. The van der Waals surface area contributed by atoms with Crippen LogP contribution in [0.2, 0.25) is 5.02 Å². The minimum absolute atomic E-state index is 0.00620. The van der Waals surface area contributed by atoms with Crippen molar-refractivity contribution in [2.24, 2.45) is 0 Å². The third-order valence-electron chi connectivity index (χ3n) is 7.08. The lowest BCUT2D eigenvalue weighted by molar-refractivity contribution is -0.128. The van der Waals surface area contributed by atoms with E-state index in [1.807, 2.05) is 39.0 Å². The van der Waals surface area contributed by atoms with Gasteiger partial charge in [0, 0.05) is 48.1 Å². The average Bonchev–Trinajstić information content (AvgIpc) is 3.23. The predicted octanol–water partition coefficient (Wildman–Crippen LogP) is 4.04. The van der Waals surface area contributed by atoms with E-state index in [1.165, 1.54) is 0 Å². The number of piperidine rings is 1. The Balaban J connectivity index is 1.58. The van der Waals surface area contributed by atoms with Crippen molar-refractivity contribution in [1.82, 2.24) is 15.1 Å². The molecule has 8 heteroatoms. The fourth-order valence-electron chi connectivity index (χ4n) is 4.78. The number of ether oxygens (including phenoxy) is 1. The Labute approximate surface area is 211 Å². The quantitative estimate of drug-likeness (QED) is 0.676. The third-order valence-corrected chi connectivity index (χ3v) is 7.33. The topological polar surface area (TPSA) is 79.0 Å². The van der Waals surface area contributed by atoms with Gasteiger partial charge in [-0.3, -0.25) is 19.3 Å². The molecule has 2 saturated heterocycles. The van der Waals surface area contributed by atoms with Gasteiger partial charge >= 0.3 is 0 Å². The molecule has 0 aliphatic carbocycles. The smallest absolute Gasteiger partial charge is 0.257 e. The van der Waals surface area contributed by atoms with Gasteiger partial charge in [-0.1, -0.05) is 36.7 Å². The number of halogens is 1. The van der Waals surface area contributed by atoms with Crippen LogP contribution in [-0.4, -0.2) is 65.0 Å². The molecule has 2 aromatic rings. The molecule has 0 radical (unpaired) electrons. The number of likely N-dealkylation sites (tertiary alicyclic amines) is 1. The Morgan fingerprint density at radius 1 is 1.09 bits per heavy atom. The molecule has 2 fully saturated rings. The van der Waals surface area contributed by atoms with Crippen LogP contribution in [0, 0.1) is 6.92 Å². The molecular formula is C27H32ClN3O4. The molecule has 4 rings (SSSR count). The lowest BCUT2D eigenvalue weighted by Crippen LogP contribution is -2.60. The minimum atomic E-state index is -0.937. The monoisotopic (exact) mass is 497 g/mol. The lowest BCUT2D eigenvalue weighted by Gasteiger charge is -2.44. The molecule has 2 heterocycles. The van der Waals surface area contributed by atoms with Gasteiger partial charge in [-0.15, -0.1) is 0 Å². The number of nitrogens with zero attached hydrogens (tertiary/aromatic N) is 2. The molecule has 2 atom stereocenters. The van der Waals surface area contributed by atoms with E-state index < -0.39 is 11.8 Å². The van der Waals surface area contributed by atoms with E-state index in [1.54, 1.807) is 40.1 Å². The summed E-state index contributed by atoms with van der Waals surface area (Å²) in [4.78, 5) is 43.5. The maximum Gasteiger partial charge on any atom is 0.257 e. The van der Waals surface area contributed by atoms with Gasteiger partial charge in [-0.05, 0) is 56.2 Å². The molecule has 7 nitrogen and oxygen atoms in total. The third kappa shape index (κ3) is 5.07. The van der Waals surface area contributed by atoms with E-state index in [0.717, 1.165) is 12.0 Å². The Bertz CT molecular complexity index is 1100. The fourth-order valence-corrected chi connectivity index (χ4v) is 4.91. The average molecular weight is 498 g/mol. The Morgan fingerprint density at radius 2 is 1.74 bits per heavy atom. The van der Waals surface area contributed by atoms with Crippen molar-refractivity contribution in [1.29, 1.82) is 0 Å². The molecule has 0 aromatic heterocycles. The molecule has 0 saturated carbocycles. The van der Waals surface area contributed by atoms with Crippen molar-refractivity contribution in [2.75, 3.05) is 19.7 Å². The fraction of sp³-hybridized carbons (Fsp3) is 0.444. The number of carbonyl (C=O) groups is 3. The van der Waals surface area contributed by atoms with Gasteiger partial charge in [0.05, 0.1) is 6.61 Å². The van der Waals surface area contributed by atoms with E-state index >= 15 is 0 Å². The van der Waals surface area contributed by atoms with Crippen molar-refractivity contribution in [3.63, 3.8) is 0 Å². The maximum absolute atomic E-state index is 13.9. The summed E-state index contributed by atoms with van der Waals surface area (Å²) in [5, 5.41) is 3.58. The van der Waals surface area contributed by atoms with Gasteiger partial charge in [0.1, 0.15) is 11.8 Å². The number of hydrogen-bond donors (Lipinski definition) is 1. The van der Waals surface area contributed by atoms with E-state index in [0.29, 0.717) is 42.1 Å². The molecule has 1 N–H and O–H groups in total. The zero-order chi connectivity index (χ0) is 25.2. The van der Waals surface area contributed by atoms with E-state index in [2.05, 4.69) is 5.32 Å². The second-order valence-electron chi connectivity index (χ2n) is 9.38. The maximum atomic E-state index is 13.9. The van der Waals surface area contributed by atoms with Crippen LogP contribution in [0.15, 0.2) is 48.5 Å².